The molecule has 54 heavy (non-hydrogen) atoms. The molecule has 0 amide bonds. The number of nitrogens with zero attached hydrogens (tertiary/aromatic N) is 2. The van der Waals surface area contributed by atoms with Crippen molar-refractivity contribution in [2.75, 3.05) is 51.1 Å². The smallest absolute Gasteiger partial charge is 0.333 e. The van der Waals surface area contributed by atoms with E-state index in [2.05, 4.69) is 59.1 Å². The summed E-state index contributed by atoms with van der Waals surface area (Å²) in [6, 6.07) is 15.3. The van der Waals surface area contributed by atoms with Crippen molar-refractivity contribution >= 4 is 69.2 Å². The third-order valence-corrected chi connectivity index (χ3v) is 14.3. The summed E-state index contributed by atoms with van der Waals surface area (Å²) in [7, 11) is 0. The summed E-state index contributed by atoms with van der Waals surface area (Å²) >= 11 is 6.21. The Morgan fingerprint density at radius 1 is 0.722 bits per heavy atom. The molecule has 0 unspecified atom stereocenters. The van der Waals surface area contributed by atoms with E-state index < -0.39 is 11.7 Å². The van der Waals surface area contributed by atoms with Gasteiger partial charge >= 0.3 is 5.97 Å². The third-order valence-electron chi connectivity index (χ3n) is 9.37. The number of benzene rings is 2. The van der Waals surface area contributed by atoms with Gasteiger partial charge in [0, 0.05) is 16.3 Å². The topological polar surface area (TPSA) is 100 Å². The van der Waals surface area contributed by atoms with Crippen molar-refractivity contribution in [3.63, 3.8) is 0 Å². The second kappa shape index (κ2) is 14.8. The SMILES string of the molecule is [C-]#[N+]/C(=C\c1sc(-c2sc(-c3sc(-c4ccc5c(c4)Sc4ccccc4N5CCCCCC)c4c3OCCO4)c3c2OCCO3)c2c1OCCO2)C(=O)O. The van der Waals surface area contributed by atoms with Crippen LogP contribution in [0.2, 0.25) is 0 Å². The number of unbranched alkanes of at least 4 members (excludes halogenated alkanes) is 3. The summed E-state index contributed by atoms with van der Waals surface area (Å²) in [5, 5.41) is 9.58. The number of para-hydroxylation sites is 1. The lowest BCUT2D eigenvalue weighted by Gasteiger charge is -2.33. The minimum absolute atomic E-state index is 0.310. The number of thiophene rings is 3. The molecule has 0 bridgehead atoms. The van der Waals surface area contributed by atoms with Crippen molar-refractivity contribution in [1.82, 2.24) is 0 Å². The highest BCUT2D eigenvalue weighted by molar-refractivity contribution is 7.99. The quantitative estimate of drug-likeness (QED) is 0.0835. The first-order chi connectivity index (χ1) is 26.5. The van der Waals surface area contributed by atoms with E-state index in [1.54, 1.807) is 23.1 Å². The Morgan fingerprint density at radius 3 is 1.91 bits per heavy atom. The molecule has 0 aliphatic carbocycles. The maximum absolute atomic E-state index is 11.7. The maximum Gasteiger partial charge on any atom is 0.333 e. The number of carboxylic acid groups (broad SMARTS) is 1. The predicted molar refractivity (Wildman–Crippen MR) is 213 cm³/mol. The number of ether oxygens (including phenoxy) is 6. The van der Waals surface area contributed by atoms with E-state index in [1.165, 1.54) is 69.2 Å². The average Bonchev–Trinajstić information content (AvgIpc) is 3.89. The second-order valence-corrected chi connectivity index (χ2v) is 17.0. The van der Waals surface area contributed by atoms with Gasteiger partial charge in [0.1, 0.15) is 39.6 Å². The van der Waals surface area contributed by atoms with Crippen LogP contribution < -0.4 is 33.3 Å². The lowest BCUT2D eigenvalue weighted by molar-refractivity contribution is -0.132. The molecule has 0 spiro atoms. The molecule has 1 N–H and O–H groups in total. The largest absolute Gasteiger partial charge is 0.486 e. The third kappa shape index (κ3) is 6.13. The Morgan fingerprint density at radius 2 is 1.28 bits per heavy atom. The van der Waals surface area contributed by atoms with E-state index in [9.17, 15) is 9.90 Å². The maximum atomic E-state index is 11.7. The van der Waals surface area contributed by atoms with Crippen LogP contribution in [0.25, 0.3) is 40.9 Å². The summed E-state index contributed by atoms with van der Waals surface area (Å²) in [6.45, 7) is 12.9. The fourth-order valence-corrected chi connectivity index (χ4v) is 11.8. The molecule has 276 valence electrons. The number of carbonyl (C=O) groups is 1. The van der Waals surface area contributed by atoms with Crippen molar-refractivity contribution in [2.24, 2.45) is 0 Å². The number of carboxylic acids is 1. The first kappa shape index (κ1) is 34.9. The zero-order valence-corrected chi connectivity index (χ0v) is 32.5. The average molecular weight is 799 g/mol. The minimum atomic E-state index is -1.31. The molecule has 4 aliphatic rings. The molecular weight excluding hydrogens is 765 g/mol. The Kier molecular flexibility index (Phi) is 9.56. The Bertz CT molecular complexity index is 2350. The molecule has 14 heteroatoms. The lowest BCUT2D eigenvalue weighted by Crippen LogP contribution is -2.22. The van der Waals surface area contributed by atoms with Crippen LogP contribution in [0.3, 0.4) is 0 Å². The van der Waals surface area contributed by atoms with Crippen LogP contribution in [0.4, 0.5) is 11.4 Å². The van der Waals surface area contributed by atoms with E-state index in [0.29, 0.717) is 73.3 Å². The summed E-state index contributed by atoms with van der Waals surface area (Å²) < 4.78 is 37.5. The molecular formula is C40H34N2O8S4. The van der Waals surface area contributed by atoms with Gasteiger partial charge in [0.15, 0.2) is 34.5 Å². The standard InChI is InChI=1S/C40H34N2O8S4/c1-3-4-5-8-13-42-24-9-6-7-10-26(24)51-27-20-22(11-12-25(27)42)35-31-32(48-17-16-47-31)38(53-35)39-34-33(49-18-19-50-34)37(54-39)36-30-29(45-14-15-46-30)28(52-36)21-23(41-2)40(43)44/h6-7,9-12,20-21H,3-5,8,13-19H2,1H3,(H,43,44)/b23-21-. The summed E-state index contributed by atoms with van der Waals surface area (Å²) in [5.74, 6) is 2.21. The summed E-state index contributed by atoms with van der Waals surface area (Å²) in [5.41, 5.74) is 3.12. The monoisotopic (exact) mass is 798 g/mol. The van der Waals surface area contributed by atoms with E-state index in [4.69, 9.17) is 35.0 Å². The molecule has 0 radical (unpaired) electrons. The highest BCUT2D eigenvalue weighted by atomic mass is 32.2. The van der Waals surface area contributed by atoms with Gasteiger partial charge in [-0.1, -0.05) is 56.1 Å². The second-order valence-electron chi connectivity index (χ2n) is 12.8. The summed E-state index contributed by atoms with van der Waals surface area (Å²) in [6.07, 6.45) is 6.13. The van der Waals surface area contributed by atoms with Crippen LogP contribution in [0, 0.1) is 6.57 Å². The summed E-state index contributed by atoms with van der Waals surface area (Å²) in [4.78, 5) is 24.6. The van der Waals surface area contributed by atoms with Crippen LogP contribution in [0.15, 0.2) is 58.0 Å². The molecule has 5 aromatic rings. The van der Waals surface area contributed by atoms with E-state index >= 15 is 0 Å². The Hall–Kier alpha value is -4.81. The van der Waals surface area contributed by atoms with Crippen molar-refractivity contribution < 1.29 is 38.3 Å². The van der Waals surface area contributed by atoms with Crippen LogP contribution in [-0.2, 0) is 4.79 Å². The van der Waals surface area contributed by atoms with E-state index in [1.807, 2.05) is 0 Å². The van der Waals surface area contributed by atoms with E-state index in [-0.39, 0.29) is 0 Å². The fraction of sp³-hybridized carbons (Fsp3) is 0.300. The molecule has 3 aromatic heterocycles. The fourth-order valence-electron chi connectivity index (χ4n) is 6.94. The van der Waals surface area contributed by atoms with Crippen LogP contribution in [-0.4, -0.2) is 57.3 Å². The Labute approximate surface area is 328 Å². The van der Waals surface area contributed by atoms with Gasteiger partial charge in [0.25, 0.3) is 5.70 Å². The Balaban J connectivity index is 1.14. The number of aliphatic carboxylic acids is 1. The minimum Gasteiger partial charge on any atom is -0.486 e. The molecule has 0 fully saturated rings. The van der Waals surface area contributed by atoms with Gasteiger partial charge in [-0.3, -0.25) is 4.79 Å². The molecule has 0 saturated heterocycles. The van der Waals surface area contributed by atoms with Crippen LogP contribution in [0.1, 0.15) is 37.5 Å². The number of anilines is 2. The lowest BCUT2D eigenvalue weighted by atomic mass is 10.1. The zero-order chi connectivity index (χ0) is 36.8. The van der Waals surface area contributed by atoms with Gasteiger partial charge < -0.3 is 38.4 Å². The van der Waals surface area contributed by atoms with Crippen LogP contribution >= 0.6 is 45.8 Å². The van der Waals surface area contributed by atoms with Gasteiger partial charge in [-0.25, -0.2) is 4.85 Å². The van der Waals surface area contributed by atoms with Gasteiger partial charge in [-0.2, -0.15) is 0 Å². The first-order valence-corrected chi connectivity index (χ1v) is 21.1. The predicted octanol–water partition coefficient (Wildman–Crippen LogP) is 10.7. The van der Waals surface area contributed by atoms with Crippen molar-refractivity contribution in [1.29, 1.82) is 0 Å². The molecule has 10 nitrogen and oxygen atoms in total. The highest BCUT2D eigenvalue weighted by Gasteiger charge is 2.37. The van der Waals surface area contributed by atoms with Crippen molar-refractivity contribution in [3.8, 4) is 64.4 Å². The van der Waals surface area contributed by atoms with Crippen LogP contribution in [0.5, 0.6) is 34.5 Å². The molecule has 0 atom stereocenters. The van der Waals surface area contributed by atoms with E-state index in [0.717, 1.165) is 48.7 Å². The first-order valence-electron chi connectivity index (χ1n) is 17.8. The van der Waals surface area contributed by atoms with Gasteiger partial charge in [-0.15, -0.1) is 34.0 Å². The highest BCUT2D eigenvalue weighted by Crippen LogP contribution is 2.64. The zero-order valence-electron chi connectivity index (χ0n) is 29.2. The van der Waals surface area contributed by atoms with Gasteiger partial charge in [0.05, 0.1) is 47.2 Å². The number of rotatable bonds is 10. The number of hydrogen-bond donors (Lipinski definition) is 1. The molecule has 7 heterocycles. The van der Waals surface area contributed by atoms with Crippen molar-refractivity contribution in [3.05, 3.63) is 64.5 Å². The van der Waals surface area contributed by atoms with Gasteiger partial charge in [-0.05, 0) is 42.3 Å². The molecule has 4 aliphatic heterocycles. The van der Waals surface area contributed by atoms with Gasteiger partial charge in [0.2, 0.25) is 0 Å². The number of hydrogen-bond acceptors (Lipinski definition) is 12. The normalized spacial score (nSPS) is 15.3. The molecule has 2 aromatic carbocycles. The molecule has 9 rings (SSSR count). The molecule has 0 saturated carbocycles. The van der Waals surface area contributed by atoms with Crippen molar-refractivity contribution in [2.45, 2.75) is 42.4 Å². The number of fused-ring (bicyclic) bond motifs is 5.